The summed E-state index contributed by atoms with van der Waals surface area (Å²) in [6.07, 6.45) is 3.30. The van der Waals surface area contributed by atoms with Crippen molar-refractivity contribution in [1.82, 2.24) is 14.5 Å². The Bertz CT molecular complexity index is 1000. The molecule has 0 bridgehead atoms. The van der Waals surface area contributed by atoms with Gasteiger partial charge in [-0.1, -0.05) is 13.8 Å². The van der Waals surface area contributed by atoms with Gasteiger partial charge < -0.3 is 14.1 Å². The maximum Gasteiger partial charge on any atom is 0.125 e. The van der Waals surface area contributed by atoms with Crippen LogP contribution < -0.4 is 0 Å². The molecule has 0 radical (unpaired) electrons. The van der Waals surface area contributed by atoms with Gasteiger partial charge in [-0.05, 0) is 51.5 Å². The molecule has 0 aliphatic carbocycles. The van der Waals surface area contributed by atoms with Crippen LogP contribution in [0.3, 0.4) is 0 Å². The molecular weight excluding hydrogens is 350 g/mol. The molecule has 148 valence electrons. The van der Waals surface area contributed by atoms with E-state index in [0.29, 0.717) is 6.42 Å². The quantitative estimate of drug-likeness (QED) is 0.548. The van der Waals surface area contributed by atoms with Crippen molar-refractivity contribution in [3.8, 4) is 11.3 Å². The van der Waals surface area contributed by atoms with Gasteiger partial charge in [0.2, 0.25) is 0 Å². The van der Waals surface area contributed by atoms with Crippen LogP contribution in [0.2, 0.25) is 0 Å². The number of methoxy groups -OCH3 is 1. The molecule has 28 heavy (non-hydrogen) atoms. The van der Waals surface area contributed by atoms with E-state index >= 15 is 0 Å². The highest BCUT2D eigenvalue weighted by molar-refractivity contribution is 5.90. The summed E-state index contributed by atoms with van der Waals surface area (Å²) in [5.74, 6) is 0. The zero-order valence-corrected chi connectivity index (χ0v) is 17.6. The van der Waals surface area contributed by atoms with Crippen LogP contribution in [0.25, 0.3) is 22.3 Å². The highest BCUT2D eigenvalue weighted by Gasteiger charge is 2.28. The average molecular weight is 380 g/mol. The smallest absolute Gasteiger partial charge is 0.125 e. The van der Waals surface area contributed by atoms with Gasteiger partial charge in [0, 0.05) is 42.1 Å². The van der Waals surface area contributed by atoms with E-state index in [9.17, 15) is 4.79 Å². The molecule has 3 aromatic rings. The van der Waals surface area contributed by atoms with Gasteiger partial charge in [-0.3, -0.25) is 9.97 Å². The monoisotopic (exact) mass is 379 g/mol. The molecule has 0 amide bonds. The van der Waals surface area contributed by atoms with Crippen molar-refractivity contribution in [3.63, 3.8) is 0 Å². The van der Waals surface area contributed by atoms with Crippen LogP contribution in [-0.2, 0) is 22.5 Å². The minimum Gasteiger partial charge on any atom is -0.375 e. The number of hydrogen-bond acceptors (Lipinski definition) is 4. The van der Waals surface area contributed by atoms with Crippen molar-refractivity contribution in [2.45, 2.75) is 53.7 Å². The first-order chi connectivity index (χ1) is 13.3. The third-order valence-corrected chi connectivity index (χ3v) is 5.25. The summed E-state index contributed by atoms with van der Waals surface area (Å²) in [7, 11) is 1.69. The van der Waals surface area contributed by atoms with Gasteiger partial charge in [-0.25, -0.2) is 0 Å². The summed E-state index contributed by atoms with van der Waals surface area (Å²) in [6.45, 7) is 10.9. The molecule has 3 heterocycles. The van der Waals surface area contributed by atoms with E-state index in [-0.39, 0.29) is 6.10 Å². The lowest BCUT2D eigenvalue weighted by Crippen LogP contribution is -2.17. The second-order valence-corrected chi connectivity index (χ2v) is 7.99. The van der Waals surface area contributed by atoms with Gasteiger partial charge >= 0.3 is 0 Å². The fourth-order valence-corrected chi connectivity index (χ4v) is 3.74. The minimum absolute atomic E-state index is 0.138. The van der Waals surface area contributed by atoms with Crippen molar-refractivity contribution in [1.29, 1.82) is 0 Å². The van der Waals surface area contributed by atoms with E-state index in [2.05, 4.69) is 28.6 Å². The summed E-state index contributed by atoms with van der Waals surface area (Å²) in [5, 5.41) is 0. The van der Waals surface area contributed by atoms with E-state index in [0.717, 1.165) is 52.1 Å². The number of nitrogens with zero attached hydrogens (tertiary/aromatic N) is 3. The van der Waals surface area contributed by atoms with Gasteiger partial charge in [0.25, 0.3) is 0 Å². The number of aromatic nitrogens is 3. The van der Waals surface area contributed by atoms with Crippen LogP contribution in [0.4, 0.5) is 0 Å². The summed E-state index contributed by atoms with van der Waals surface area (Å²) in [4.78, 5) is 21.2. The molecule has 0 aliphatic rings. The maximum absolute atomic E-state index is 11.7. The number of ether oxygens (including phenoxy) is 1. The Kier molecular flexibility index (Phi) is 5.66. The highest BCUT2D eigenvalue weighted by atomic mass is 16.5. The number of fused-ring (bicyclic) bond motifs is 1. The highest BCUT2D eigenvalue weighted by Crippen LogP contribution is 2.39. The van der Waals surface area contributed by atoms with Gasteiger partial charge in [0.05, 0.1) is 28.5 Å². The Morgan fingerprint density at radius 1 is 1.29 bits per heavy atom. The normalized spacial score (nSPS) is 13.1. The van der Waals surface area contributed by atoms with Crippen molar-refractivity contribution in [3.05, 3.63) is 47.4 Å². The van der Waals surface area contributed by atoms with Crippen molar-refractivity contribution < 1.29 is 9.53 Å². The fraction of sp³-hybridized carbons (Fsp3) is 0.435. The third-order valence-electron chi connectivity index (χ3n) is 5.25. The first-order valence-electron chi connectivity index (χ1n) is 9.76. The second-order valence-electron chi connectivity index (χ2n) is 7.99. The first-order valence-corrected chi connectivity index (χ1v) is 9.76. The van der Waals surface area contributed by atoms with Crippen LogP contribution >= 0.6 is 0 Å². The molecule has 0 spiro atoms. The van der Waals surface area contributed by atoms with Gasteiger partial charge in [0.1, 0.15) is 6.29 Å². The van der Waals surface area contributed by atoms with Gasteiger partial charge in [0.15, 0.2) is 0 Å². The topological polar surface area (TPSA) is 57.0 Å². The average Bonchev–Trinajstić information content (AvgIpc) is 2.99. The number of aryl methyl sites for hydroxylation is 2. The number of pyridine rings is 2. The Morgan fingerprint density at radius 2 is 2.04 bits per heavy atom. The molecule has 0 fully saturated rings. The van der Waals surface area contributed by atoms with E-state index in [4.69, 9.17) is 9.72 Å². The molecule has 0 unspecified atom stereocenters. The van der Waals surface area contributed by atoms with Crippen molar-refractivity contribution in [2.24, 2.45) is 5.41 Å². The summed E-state index contributed by atoms with van der Waals surface area (Å²) in [6, 6.07) is 8.20. The zero-order chi connectivity index (χ0) is 20.5. The Balaban J connectivity index is 2.40. The molecule has 0 aromatic carbocycles. The third kappa shape index (κ3) is 3.59. The summed E-state index contributed by atoms with van der Waals surface area (Å²) < 4.78 is 7.86. The maximum atomic E-state index is 11.7. The molecule has 5 nitrogen and oxygen atoms in total. The summed E-state index contributed by atoms with van der Waals surface area (Å²) >= 11 is 0. The second kappa shape index (κ2) is 7.84. The number of carbonyl (C=O) groups excluding carboxylic acids is 1. The zero-order valence-electron chi connectivity index (χ0n) is 17.6. The first kappa shape index (κ1) is 20.2. The Hall–Kier alpha value is -2.53. The van der Waals surface area contributed by atoms with Crippen LogP contribution in [0.15, 0.2) is 30.5 Å². The van der Waals surface area contributed by atoms with Gasteiger partial charge in [-0.2, -0.15) is 0 Å². The molecule has 3 rings (SSSR count). The van der Waals surface area contributed by atoms with Gasteiger partial charge in [-0.15, -0.1) is 0 Å². The van der Waals surface area contributed by atoms with E-state index < -0.39 is 5.41 Å². The lowest BCUT2D eigenvalue weighted by atomic mass is 9.86. The molecule has 5 heteroatoms. The van der Waals surface area contributed by atoms with E-state index in [1.54, 1.807) is 13.3 Å². The summed E-state index contributed by atoms with van der Waals surface area (Å²) in [5.41, 5.74) is 6.63. The predicted molar refractivity (Wildman–Crippen MR) is 112 cm³/mol. The molecule has 3 aromatic heterocycles. The van der Waals surface area contributed by atoms with Crippen molar-refractivity contribution >= 4 is 17.3 Å². The molecule has 0 saturated heterocycles. The number of rotatable bonds is 7. The molecule has 1 atom stereocenters. The number of aldehydes is 1. The van der Waals surface area contributed by atoms with Crippen LogP contribution in [-0.4, -0.2) is 27.9 Å². The molecule has 0 N–H and O–H groups in total. The molecule has 0 saturated carbocycles. The Labute approximate surface area is 166 Å². The molecular formula is C23H29N3O2. The predicted octanol–water partition coefficient (Wildman–Crippen LogP) is 4.90. The lowest BCUT2D eigenvalue weighted by Gasteiger charge is -2.20. The van der Waals surface area contributed by atoms with Crippen LogP contribution in [0.5, 0.6) is 0 Å². The SMILES string of the molecule is CCn1c(-c2cccnc2[C@H](C)OC)c(CC(C)(C)C=O)c2nc(C)ccc21. The largest absolute Gasteiger partial charge is 0.375 e. The fourth-order valence-electron chi connectivity index (χ4n) is 3.74. The number of hydrogen-bond donors (Lipinski definition) is 0. The standard InChI is InChI=1S/C23H29N3O2/c1-7-26-19-11-10-15(2)25-21(19)18(13-23(4,5)14-27)22(26)17-9-8-12-24-20(17)16(3)28-6/h8-12,14,16H,7,13H2,1-6H3/t16-/m0/s1. The van der Waals surface area contributed by atoms with Crippen LogP contribution in [0, 0.1) is 12.3 Å². The minimum atomic E-state index is -0.484. The number of carbonyl (C=O) groups is 1. The molecule has 0 aliphatic heterocycles. The lowest BCUT2D eigenvalue weighted by molar-refractivity contribution is -0.114. The van der Waals surface area contributed by atoms with E-state index in [1.165, 1.54) is 0 Å². The Morgan fingerprint density at radius 3 is 2.68 bits per heavy atom. The van der Waals surface area contributed by atoms with Crippen molar-refractivity contribution in [2.75, 3.05) is 7.11 Å². The van der Waals surface area contributed by atoms with E-state index in [1.807, 2.05) is 39.8 Å². The van der Waals surface area contributed by atoms with Crippen LogP contribution in [0.1, 0.15) is 50.8 Å².